The first kappa shape index (κ1) is 18.0. The molecule has 2 aliphatic rings. The van der Waals surface area contributed by atoms with E-state index in [2.05, 4.69) is 20.8 Å². The fourth-order valence-electron chi connectivity index (χ4n) is 3.99. The molecule has 2 rings (SSSR count). The third-order valence-electron chi connectivity index (χ3n) is 5.45. The number of rotatable bonds is 4. The van der Waals surface area contributed by atoms with Crippen molar-refractivity contribution in [1.82, 2.24) is 0 Å². The molecule has 0 aromatic carbocycles. The number of hydrogen-bond donors (Lipinski definition) is 0. The lowest BCUT2D eigenvalue weighted by atomic mass is 9.75. The molecule has 0 saturated heterocycles. The van der Waals surface area contributed by atoms with E-state index in [1.54, 1.807) is 7.11 Å². The fraction of sp³-hybridized carbons (Fsp3) is 0.789. The SMILES string of the molecule is COC1=CC(=O)[C@H](C(=O)O[C@@H]2C[C@H](C)CC[C@H]2C(C)C)[C@@H](C)C1. The molecular formula is C19H30O4. The van der Waals surface area contributed by atoms with Gasteiger partial charge in [0.15, 0.2) is 5.78 Å². The number of esters is 1. The average molecular weight is 322 g/mol. The van der Waals surface area contributed by atoms with Crippen LogP contribution in [0.25, 0.3) is 0 Å². The molecule has 0 aliphatic heterocycles. The third-order valence-corrected chi connectivity index (χ3v) is 5.45. The maximum atomic E-state index is 12.6. The molecule has 1 saturated carbocycles. The van der Waals surface area contributed by atoms with E-state index in [1.807, 2.05) is 6.92 Å². The summed E-state index contributed by atoms with van der Waals surface area (Å²) in [6.45, 7) is 8.49. The quantitative estimate of drug-likeness (QED) is 0.584. The van der Waals surface area contributed by atoms with E-state index in [0.29, 0.717) is 29.9 Å². The summed E-state index contributed by atoms with van der Waals surface area (Å²) < 4.78 is 11.0. The summed E-state index contributed by atoms with van der Waals surface area (Å²) in [6.07, 6.45) is 5.20. The number of hydrogen-bond acceptors (Lipinski definition) is 4. The van der Waals surface area contributed by atoms with E-state index in [1.165, 1.54) is 12.5 Å². The van der Waals surface area contributed by atoms with Gasteiger partial charge in [-0.15, -0.1) is 0 Å². The second-order valence-electron chi connectivity index (χ2n) is 7.68. The molecule has 4 heteroatoms. The zero-order chi connectivity index (χ0) is 17.1. The molecule has 130 valence electrons. The standard InChI is InChI=1S/C19H30O4/c1-11(2)15-7-6-12(3)8-17(15)23-19(21)18-13(4)9-14(22-5)10-16(18)20/h10-13,15,17-18H,6-9H2,1-5H3/t12-,13+,15+,17-,18-/m1/s1. The largest absolute Gasteiger partial charge is 0.501 e. The van der Waals surface area contributed by atoms with Gasteiger partial charge in [-0.25, -0.2) is 0 Å². The maximum absolute atomic E-state index is 12.6. The van der Waals surface area contributed by atoms with Crippen LogP contribution in [-0.4, -0.2) is 25.0 Å². The first-order chi connectivity index (χ1) is 10.8. The highest BCUT2D eigenvalue weighted by atomic mass is 16.5. The Kier molecular flexibility index (Phi) is 5.88. The topological polar surface area (TPSA) is 52.6 Å². The van der Waals surface area contributed by atoms with Gasteiger partial charge in [-0.3, -0.25) is 9.59 Å². The van der Waals surface area contributed by atoms with Crippen LogP contribution in [0.1, 0.15) is 53.4 Å². The Morgan fingerprint density at radius 2 is 1.96 bits per heavy atom. The van der Waals surface area contributed by atoms with Gasteiger partial charge in [-0.2, -0.15) is 0 Å². The summed E-state index contributed by atoms with van der Waals surface area (Å²) in [4.78, 5) is 24.9. The van der Waals surface area contributed by atoms with Crippen molar-refractivity contribution in [1.29, 1.82) is 0 Å². The Morgan fingerprint density at radius 3 is 2.52 bits per heavy atom. The summed E-state index contributed by atoms with van der Waals surface area (Å²) in [6, 6.07) is 0. The van der Waals surface area contributed by atoms with E-state index in [9.17, 15) is 9.59 Å². The van der Waals surface area contributed by atoms with E-state index in [0.717, 1.165) is 12.8 Å². The van der Waals surface area contributed by atoms with Crippen LogP contribution in [0.3, 0.4) is 0 Å². The van der Waals surface area contributed by atoms with Gasteiger partial charge in [0.1, 0.15) is 12.0 Å². The maximum Gasteiger partial charge on any atom is 0.317 e. The van der Waals surface area contributed by atoms with Gasteiger partial charge in [0.25, 0.3) is 0 Å². The van der Waals surface area contributed by atoms with Crippen molar-refractivity contribution in [2.45, 2.75) is 59.5 Å². The van der Waals surface area contributed by atoms with E-state index in [4.69, 9.17) is 9.47 Å². The molecule has 0 N–H and O–H groups in total. The summed E-state index contributed by atoms with van der Waals surface area (Å²) >= 11 is 0. The molecule has 0 amide bonds. The molecule has 0 unspecified atom stereocenters. The van der Waals surface area contributed by atoms with Crippen molar-refractivity contribution in [3.05, 3.63) is 11.8 Å². The van der Waals surface area contributed by atoms with Crippen LogP contribution in [0.5, 0.6) is 0 Å². The van der Waals surface area contributed by atoms with Crippen molar-refractivity contribution in [2.75, 3.05) is 7.11 Å². The predicted octanol–water partition coefficient (Wildman–Crippen LogP) is 3.75. The van der Waals surface area contributed by atoms with E-state index >= 15 is 0 Å². The molecule has 0 aromatic heterocycles. The molecule has 0 aromatic rings. The molecular weight excluding hydrogens is 292 g/mol. The number of ether oxygens (including phenoxy) is 2. The van der Waals surface area contributed by atoms with Gasteiger partial charge < -0.3 is 9.47 Å². The summed E-state index contributed by atoms with van der Waals surface area (Å²) in [5.74, 6) is 0.816. The number of carbonyl (C=O) groups excluding carboxylic acids is 2. The van der Waals surface area contributed by atoms with Crippen LogP contribution in [0.4, 0.5) is 0 Å². The first-order valence-electron chi connectivity index (χ1n) is 8.82. The number of methoxy groups -OCH3 is 1. The van der Waals surface area contributed by atoms with Crippen molar-refractivity contribution >= 4 is 11.8 Å². The zero-order valence-electron chi connectivity index (χ0n) is 15.0. The lowest BCUT2D eigenvalue weighted by molar-refractivity contribution is -0.164. The molecule has 0 radical (unpaired) electrons. The van der Waals surface area contributed by atoms with Crippen molar-refractivity contribution < 1.29 is 19.1 Å². The summed E-state index contributed by atoms with van der Waals surface area (Å²) in [7, 11) is 1.56. The van der Waals surface area contributed by atoms with Crippen molar-refractivity contribution in [2.24, 2.45) is 29.6 Å². The van der Waals surface area contributed by atoms with Gasteiger partial charge in [0.2, 0.25) is 0 Å². The van der Waals surface area contributed by atoms with Gasteiger partial charge in [-0.1, -0.05) is 34.1 Å². The van der Waals surface area contributed by atoms with Crippen LogP contribution >= 0.6 is 0 Å². The number of allylic oxidation sites excluding steroid dienone is 2. The van der Waals surface area contributed by atoms with Crippen molar-refractivity contribution in [3.63, 3.8) is 0 Å². The minimum Gasteiger partial charge on any atom is -0.501 e. The van der Waals surface area contributed by atoms with Crippen LogP contribution < -0.4 is 0 Å². The highest BCUT2D eigenvalue weighted by molar-refractivity contribution is 6.06. The van der Waals surface area contributed by atoms with Crippen LogP contribution in [-0.2, 0) is 19.1 Å². The Morgan fingerprint density at radius 1 is 1.26 bits per heavy atom. The lowest BCUT2D eigenvalue weighted by Crippen LogP contribution is -2.41. The minimum atomic E-state index is -0.682. The van der Waals surface area contributed by atoms with Crippen LogP contribution in [0, 0.1) is 29.6 Å². The second-order valence-corrected chi connectivity index (χ2v) is 7.68. The molecule has 1 fully saturated rings. The normalized spacial score (nSPS) is 35.0. The number of carbonyl (C=O) groups is 2. The Labute approximate surface area is 139 Å². The Hall–Kier alpha value is -1.32. The average Bonchev–Trinajstić information content (AvgIpc) is 2.45. The molecule has 0 spiro atoms. The van der Waals surface area contributed by atoms with E-state index in [-0.39, 0.29) is 23.8 Å². The fourth-order valence-corrected chi connectivity index (χ4v) is 3.99. The molecule has 4 nitrogen and oxygen atoms in total. The molecule has 0 bridgehead atoms. The summed E-state index contributed by atoms with van der Waals surface area (Å²) in [5, 5.41) is 0. The zero-order valence-corrected chi connectivity index (χ0v) is 15.0. The monoisotopic (exact) mass is 322 g/mol. The number of ketones is 1. The highest BCUT2D eigenvalue weighted by Gasteiger charge is 2.40. The third kappa shape index (κ3) is 4.15. The second kappa shape index (κ2) is 7.50. The Bertz CT molecular complexity index is 480. The van der Waals surface area contributed by atoms with Crippen LogP contribution in [0.2, 0.25) is 0 Å². The lowest BCUT2D eigenvalue weighted by Gasteiger charge is -2.37. The van der Waals surface area contributed by atoms with Gasteiger partial charge in [-0.05, 0) is 36.5 Å². The van der Waals surface area contributed by atoms with E-state index < -0.39 is 5.92 Å². The molecule has 0 heterocycles. The minimum absolute atomic E-state index is 0.0564. The Balaban J connectivity index is 2.08. The molecule has 5 atom stereocenters. The molecule has 23 heavy (non-hydrogen) atoms. The van der Waals surface area contributed by atoms with Crippen molar-refractivity contribution in [3.8, 4) is 0 Å². The first-order valence-corrected chi connectivity index (χ1v) is 8.82. The predicted molar refractivity (Wildman–Crippen MR) is 88.6 cm³/mol. The van der Waals surface area contributed by atoms with Gasteiger partial charge in [0, 0.05) is 12.5 Å². The van der Waals surface area contributed by atoms with Gasteiger partial charge in [0.05, 0.1) is 12.9 Å². The van der Waals surface area contributed by atoms with Crippen LogP contribution in [0.15, 0.2) is 11.8 Å². The smallest absolute Gasteiger partial charge is 0.317 e. The highest BCUT2D eigenvalue weighted by Crippen LogP contribution is 2.37. The summed E-state index contributed by atoms with van der Waals surface area (Å²) in [5.41, 5.74) is 0. The van der Waals surface area contributed by atoms with Gasteiger partial charge >= 0.3 is 5.97 Å². The molecule has 2 aliphatic carbocycles.